The van der Waals surface area contributed by atoms with E-state index >= 15 is 0 Å². The minimum Gasteiger partial charge on any atom is -0.507 e. The molecule has 0 radical (unpaired) electrons. The molecule has 0 bridgehead atoms. The number of hydrogen-bond acceptors (Lipinski definition) is 27. The summed E-state index contributed by atoms with van der Waals surface area (Å²) in [6.07, 6.45) is 0. The van der Waals surface area contributed by atoms with E-state index in [1.54, 1.807) is 179 Å². The highest BCUT2D eigenvalue weighted by molar-refractivity contribution is 5.92. The van der Waals surface area contributed by atoms with Gasteiger partial charge in [0.1, 0.15) is 40.2 Å². The monoisotopic (exact) mass is 1750 g/mol. The Hall–Kier alpha value is -16.8. The van der Waals surface area contributed by atoms with E-state index in [-0.39, 0.29) is 23.0 Å². The number of methoxy groups -OCH3 is 7. The molecule has 0 saturated heterocycles. The van der Waals surface area contributed by atoms with Crippen molar-refractivity contribution in [3.8, 4) is 177 Å². The first-order valence-corrected chi connectivity index (χ1v) is 41.1. The molecule has 4 N–H and O–H groups in total. The van der Waals surface area contributed by atoms with Crippen LogP contribution >= 0.6 is 0 Å². The van der Waals surface area contributed by atoms with Gasteiger partial charge in [-0.2, -0.15) is 0 Å². The molecule has 658 valence electrons. The van der Waals surface area contributed by atoms with E-state index < -0.39 is 23.9 Å². The van der Waals surface area contributed by atoms with Crippen molar-refractivity contribution in [1.29, 1.82) is 0 Å². The number of carbonyl (C=O) groups excluding carboxylic acids is 4. The summed E-state index contributed by atoms with van der Waals surface area (Å²) < 4.78 is 35.4. The summed E-state index contributed by atoms with van der Waals surface area (Å²) >= 11 is 0. The zero-order chi connectivity index (χ0) is 93.4. The second kappa shape index (κ2) is 41.1. The van der Waals surface area contributed by atoms with Crippen molar-refractivity contribution < 1.29 is 72.8 Å². The number of hydrogen-bond donors (Lipinski definition) is 4. The summed E-state index contributed by atoms with van der Waals surface area (Å²) in [4.78, 5) is 103. The standard InChI is InChI=1S/C27H25N3O3.C26H23N3O5.C26H23N3O3.C25H21N3O4/c1-15-6-11-21(22(31)14-15)25-28-24(19-7-9-20(10-8-19)27(32)33-5)29-26(30-25)23-17(3)12-16(2)13-18(23)4;1-15-5-11-19(21(30)13-15)24-27-23(16-6-8-17(9-7-16)26(31)34-4)28-25(29-24)20-12-10-18(32-2)14-22(20)33-3;1-15-5-10-21(22(30)14-15)25-28-23(18-6-8-19(9-7-18)26(31)32-4)27-24(29-25)20-12-16(2)11-17(3)13-20;1-15-8-13-18(20(29)14-15)23-26-22(16-9-11-17(12-10-16)25(30)32-3)27-24(28-23)19-6-4-5-7-21(19)31-2/h6-14,31H,1-5H3;5-14,30H,1-4H3;5-14,30H,1-4H3;4-14,29H,1-3H3. The van der Waals surface area contributed by atoms with Crippen molar-refractivity contribution in [2.24, 2.45) is 0 Å². The van der Waals surface area contributed by atoms with Crippen LogP contribution in [0.3, 0.4) is 0 Å². The zero-order valence-corrected chi connectivity index (χ0v) is 74.7. The molecule has 0 aliphatic rings. The number of ether oxygens (including phenoxy) is 7. The van der Waals surface area contributed by atoms with Crippen molar-refractivity contribution in [2.45, 2.75) is 62.3 Å². The van der Waals surface area contributed by atoms with Gasteiger partial charge in [0.15, 0.2) is 69.9 Å². The second-order valence-corrected chi connectivity index (χ2v) is 30.5. The zero-order valence-electron chi connectivity index (χ0n) is 74.7. The lowest BCUT2D eigenvalue weighted by Crippen LogP contribution is -2.03. The molecule has 0 fully saturated rings. The number of aromatic hydroxyl groups is 4. The molecular formula is C104H92N12O15. The normalized spacial score (nSPS) is 10.7. The third-order valence-corrected chi connectivity index (χ3v) is 20.8. The predicted molar refractivity (Wildman–Crippen MR) is 499 cm³/mol. The highest BCUT2D eigenvalue weighted by Crippen LogP contribution is 2.40. The molecule has 16 rings (SSSR count). The number of carbonyl (C=O) groups is 4. The van der Waals surface area contributed by atoms with Crippen LogP contribution in [-0.4, -0.2) is 154 Å². The molecule has 0 spiro atoms. The van der Waals surface area contributed by atoms with Gasteiger partial charge < -0.3 is 53.6 Å². The van der Waals surface area contributed by atoms with Gasteiger partial charge in [-0.1, -0.05) is 120 Å². The fourth-order valence-electron chi connectivity index (χ4n) is 14.2. The van der Waals surface area contributed by atoms with E-state index in [9.17, 15) is 39.6 Å². The smallest absolute Gasteiger partial charge is 0.337 e. The highest BCUT2D eigenvalue weighted by atomic mass is 16.5. The molecule has 27 nitrogen and oxygen atoms in total. The Morgan fingerprint density at radius 3 is 0.786 bits per heavy atom. The van der Waals surface area contributed by atoms with Crippen LogP contribution in [0.25, 0.3) is 137 Å². The summed E-state index contributed by atoms with van der Waals surface area (Å²) in [5.74, 6) is 5.28. The van der Waals surface area contributed by atoms with Crippen molar-refractivity contribution in [3.05, 3.63) is 315 Å². The topological polar surface area (TPSA) is 368 Å². The van der Waals surface area contributed by atoms with Gasteiger partial charge in [0.05, 0.1) is 105 Å². The lowest BCUT2D eigenvalue weighted by Gasteiger charge is -2.13. The third-order valence-electron chi connectivity index (χ3n) is 20.8. The number of esters is 4. The molecule has 16 aromatic rings. The van der Waals surface area contributed by atoms with Crippen molar-refractivity contribution in [2.75, 3.05) is 49.8 Å². The van der Waals surface area contributed by atoms with E-state index in [1.807, 2.05) is 122 Å². The average Bonchev–Trinajstić information content (AvgIpc) is 0.794. The van der Waals surface area contributed by atoms with Crippen molar-refractivity contribution in [1.82, 2.24) is 59.8 Å². The van der Waals surface area contributed by atoms with Gasteiger partial charge in [-0.15, -0.1) is 0 Å². The molecule has 0 amide bonds. The van der Waals surface area contributed by atoms with E-state index in [4.69, 9.17) is 48.1 Å². The molecule has 131 heavy (non-hydrogen) atoms. The number of phenols is 4. The van der Waals surface area contributed by atoms with Gasteiger partial charge in [-0.25, -0.2) is 79.0 Å². The lowest BCUT2D eigenvalue weighted by atomic mass is 9.99. The Morgan fingerprint density at radius 1 is 0.221 bits per heavy atom. The molecule has 0 aliphatic carbocycles. The van der Waals surface area contributed by atoms with Gasteiger partial charge in [0, 0.05) is 39.4 Å². The molecule has 4 aromatic heterocycles. The number of phenolic OH excluding ortho intramolecular Hbond substituents is 4. The largest absolute Gasteiger partial charge is 0.507 e. The number of aryl methyl sites for hydroxylation is 9. The highest BCUT2D eigenvalue weighted by Gasteiger charge is 2.25. The average molecular weight is 1750 g/mol. The SMILES string of the molecule is COC(=O)c1ccc(-c2nc(-c3cc(C)cc(C)c3)nc(-c3ccc(C)cc3O)n2)cc1.COC(=O)c1ccc(-c2nc(-c3ccc(C)cc3O)nc(-c3c(C)cc(C)cc3C)n2)cc1.COC(=O)c1ccc(-c2nc(-c3ccc(C)cc3O)nc(-c3ccc(OC)cc3OC)n2)cc1.COC(=O)c1ccc(-c2nc(-c3ccc(C)cc3O)nc(-c3ccccc3OC)n2)cc1. The van der Waals surface area contributed by atoms with Crippen LogP contribution in [0.5, 0.6) is 40.2 Å². The molecule has 0 atom stereocenters. The molecule has 0 saturated carbocycles. The lowest BCUT2D eigenvalue weighted by molar-refractivity contribution is 0.0592. The van der Waals surface area contributed by atoms with Gasteiger partial charge >= 0.3 is 23.9 Å². The minimum atomic E-state index is -0.434. The predicted octanol–water partition coefficient (Wildman–Crippen LogP) is 20.3. The van der Waals surface area contributed by atoms with Crippen LogP contribution in [0.15, 0.2) is 243 Å². The van der Waals surface area contributed by atoms with E-state index in [0.29, 0.717) is 154 Å². The molecule has 27 heteroatoms. The first kappa shape index (κ1) is 91.8. The maximum atomic E-state index is 11.8. The summed E-state index contributed by atoms with van der Waals surface area (Å²) in [6.45, 7) is 17.8. The van der Waals surface area contributed by atoms with Gasteiger partial charge in [-0.05, 0) is 229 Å². The minimum absolute atomic E-state index is 0.0610. The van der Waals surface area contributed by atoms with Crippen LogP contribution in [0.1, 0.15) is 91.5 Å². The molecule has 0 unspecified atom stereocenters. The molecule has 4 heterocycles. The van der Waals surface area contributed by atoms with Gasteiger partial charge in [-0.3, -0.25) is 0 Å². The summed E-state index contributed by atoms with van der Waals surface area (Å²) in [5.41, 5.74) is 18.8. The van der Waals surface area contributed by atoms with Crippen LogP contribution in [-0.2, 0) is 18.9 Å². The molecule has 12 aromatic carbocycles. The van der Waals surface area contributed by atoms with E-state index in [0.717, 1.165) is 72.3 Å². The Kier molecular flexibility index (Phi) is 28.8. The fourth-order valence-corrected chi connectivity index (χ4v) is 14.2. The first-order chi connectivity index (χ1) is 63.0. The summed E-state index contributed by atoms with van der Waals surface area (Å²) in [7, 11) is 10.1. The van der Waals surface area contributed by atoms with E-state index in [2.05, 4.69) is 70.0 Å². The molecular weight excluding hydrogens is 1660 g/mol. The van der Waals surface area contributed by atoms with Crippen molar-refractivity contribution >= 4 is 23.9 Å². The van der Waals surface area contributed by atoms with Crippen LogP contribution < -0.4 is 14.2 Å². The number of nitrogens with zero attached hydrogens (tertiary/aromatic N) is 12. The maximum Gasteiger partial charge on any atom is 0.337 e. The second-order valence-electron chi connectivity index (χ2n) is 30.5. The third kappa shape index (κ3) is 21.8. The van der Waals surface area contributed by atoms with E-state index in [1.165, 1.54) is 28.4 Å². The van der Waals surface area contributed by atoms with Gasteiger partial charge in [0.25, 0.3) is 0 Å². The van der Waals surface area contributed by atoms with Crippen LogP contribution in [0.4, 0.5) is 0 Å². The fraction of sp³-hybridized carbons (Fsp3) is 0.154. The van der Waals surface area contributed by atoms with Crippen LogP contribution in [0, 0.1) is 62.3 Å². The summed E-state index contributed by atoms with van der Waals surface area (Å²) in [6, 6.07) is 71.8. The quantitative estimate of drug-likeness (QED) is 0.0431. The number of rotatable bonds is 19. The van der Waals surface area contributed by atoms with Crippen molar-refractivity contribution in [3.63, 3.8) is 0 Å². The van der Waals surface area contributed by atoms with Gasteiger partial charge in [0.2, 0.25) is 0 Å². The Labute approximate surface area is 756 Å². The van der Waals surface area contributed by atoms with Crippen LogP contribution in [0.2, 0.25) is 0 Å². The number of benzene rings is 12. The number of aromatic nitrogens is 12. The summed E-state index contributed by atoms with van der Waals surface area (Å²) in [5, 5.41) is 42.2. The Bertz CT molecular complexity index is 6930. The Balaban J connectivity index is 0.000000149. The maximum absolute atomic E-state index is 11.8. The number of para-hydroxylation sites is 1. The molecule has 0 aliphatic heterocycles. The Morgan fingerprint density at radius 2 is 0.481 bits per heavy atom. The first-order valence-electron chi connectivity index (χ1n) is 41.1.